The minimum atomic E-state index is -0.867. The van der Waals surface area contributed by atoms with Gasteiger partial charge in [-0.25, -0.2) is 0 Å². The number of nitrogens with two attached hydrogens (primary N) is 1. The number of phenols is 2. The lowest BCUT2D eigenvalue weighted by molar-refractivity contribution is -0.169. The van der Waals surface area contributed by atoms with Crippen molar-refractivity contribution in [2.45, 2.75) is 68.0 Å². The minimum absolute atomic E-state index is 0.0311. The molecule has 0 spiro atoms. The van der Waals surface area contributed by atoms with Crippen molar-refractivity contribution in [3.63, 3.8) is 0 Å². The summed E-state index contributed by atoms with van der Waals surface area (Å²) in [6.07, 6.45) is 6.33. The molecule has 1 saturated heterocycles. The molecule has 2 bridgehead atoms. The van der Waals surface area contributed by atoms with Gasteiger partial charge in [-0.05, 0) is 69.0 Å². The maximum absolute atomic E-state index is 12.0. The monoisotopic (exact) mass is 344 g/mol. The van der Waals surface area contributed by atoms with E-state index < -0.39 is 11.0 Å². The summed E-state index contributed by atoms with van der Waals surface area (Å²) in [6, 6.07) is 3.63. The Morgan fingerprint density at radius 3 is 2.72 bits per heavy atom. The molecule has 4 atom stereocenters. The Balaban J connectivity index is 1.68. The highest BCUT2D eigenvalue weighted by Crippen LogP contribution is 2.61. The number of aromatic hydroxyl groups is 2. The van der Waals surface area contributed by atoms with E-state index in [-0.39, 0.29) is 23.6 Å². The van der Waals surface area contributed by atoms with E-state index in [1.165, 1.54) is 12.8 Å². The van der Waals surface area contributed by atoms with Gasteiger partial charge < -0.3 is 21.1 Å². The second-order valence-electron chi connectivity index (χ2n) is 8.88. The van der Waals surface area contributed by atoms with Crippen LogP contribution in [0, 0.1) is 5.92 Å². The molecule has 5 rings (SSSR count). The van der Waals surface area contributed by atoms with E-state index in [1.807, 2.05) is 6.07 Å². The third-order valence-corrected chi connectivity index (χ3v) is 7.48. The quantitative estimate of drug-likeness (QED) is 0.612. The summed E-state index contributed by atoms with van der Waals surface area (Å²) in [6.45, 7) is 2.01. The average Bonchev–Trinajstić information content (AvgIpc) is 3.38. The molecule has 5 heteroatoms. The Morgan fingerprint density at radius 2 is 1.96 bits per heavy atom. The number of fused-ring (bicyclic) bond motifs is 1. The predicted molar refractivity (Wildman–Crippen MR) is 94.6 cm³/mol. The van der Waals surface area contributed by atoms with E-state index in [0.29, 0.717) is 12.8 Å². The summed E-state index contributed by atoms with van der Waals surface area (Å²) < 4.78 is 0. The van der Waals surface area contributed by atoms with Gasteiger partial charge in [-0.2, -0.15) is 0 Å². The first-order valence-electron chi connectivity index (χ1n) is 9.71. The molecule has 3 fully saturated rings. The van der Waals surface area contributed by atoms with Gasteiger partial charge in [0.25, 0.3) is 0 Å². The van der Waals surface area contributed by atoms with Gasteiger partial charge in [-0.15, -0.1) is 0 Å². The molecule has 4 unspecified atom stereocenters. The van der Waals surface area contributed by atoms with E-state index in [2.05, 4.69) is 4.90 Å². The number of rotatable bonds is 2. The number of phenolic OH excluding ortho intramolecular Hbond substituents is 2. The lowest BCUT2D eigenvalue weighted by Gasteiger charge is -2.64. The van der Waals surface area contributed by atoms with E-state index in [4.69, 9.17) is 5.73 Å². The Morgan fingerprint density at radius 1 is 1.16 bits per heavy atom. The third-order valence-electron chi connectivity index (χ3n) is 7.48. The van der Waals surface area contributed by atoms with Crippen LogP contribution in [-0.2, 0) is 11.8 Å². The first-order valence-corrected chi connectivity index (χ1v) is 9.71. The molecule has 1 aliphatic heterocycles. The zero-order valence-electron chi connectivity index (χ0n) is 14.6. The van der Waals surface area contributed by atoms with E-state index in [0.717, 1.165) is 49.4 Å². The Labute approximate surface area is 148 Å². The number of hydrogen-bond acceptors (Lipinski definition) is 5. The molecule has 3 aliphatic carbocycles. The molecule has 25 heavy (non-hydrogen) atoms. The minimum Gasteiger partial charge on any atom is -0.504 e. The van der Waals surface area contributed by atoms with Crippen molar-refractivity contribution in [1.29, 1.82) is 0 Å². The zero-order valence-corrected chi connectivity index (χ0v) is 14.6. The molecule has 0 radical (unpaired) electrons. The van der Waals surface area contributed by atoms with Crippen LogP contribution in [0.2, 0.25) is 0 Å². The molecular formula is C20H28N2O3. The molecule has 136 valence electrons. The fourth-order valence-electron chi connectivity index (χ4n) is 6.09. The molecular weight excluding hydrogens is 316 g/mol. The van der Waals surface area contributed by atoms with Crippen LogP contribution in [-0.4, -0.2) is 51.0 Å². The zero-order chi connectivity index (χ0) is 17.4. The lowest BCUT2D eigenvalue weighted by Crippen LogP contribution is -2.74. The van der Waals surface area contributed by atoms with Crippen molar-refractivity contribution in [2.75, 3.05) is 13.1 Å². The largest absolute Gasteiger partial charge is 0.504 e. The van der Waals surface area contributed by atoms with Crippen LogP contribution in [0.25, 0.3) is 0 Å². The number of hydrogen-bond donors (Lipinski definition) is 4. The van der Waals surface area contributed by atoms with Gasteiger partial charge in [0.1, 0.15) is 0 Å². The first-order chi connectivity index (χ1) is 11.9. The molecule has 4 aliphatic rings. The SMILES string of the molecule is NC1CCC2(O)C3Cc4ccc(O)c(O)c4C2(CCN3CC2CC2)C1. The Kier molecular flexibility index (Phi) is 3.26. The molecule has 2 saturated carbocycles. The number of piperidine rings is 1. The number of benzene rings is 1. The highest BCUT2D eigenvalue weighted by atomic mass is 16.3. The molecule has 1 aromatic rings. The summed E-state index contributed by atoms with van der Waals surface area (Å²) in [5.41, 5.74) is 6.77. The number of likely N-dealkylation sites (tertiary alicyclic amines) is 1. The fraction of sp³-hybridized carbons (Fsp3) is 0.700. The van der Waals surface area contributed by atoms with Crippen molar-refractivity contribution in [3.05, 3.63) is 23.3 Å². The Bertz CT molecular complexity index is 719. The van der Waals surface area contributed by atoms with Gasteiger partial charge in [-0.1, -0.05) is 6.07 Å². The summed E-state index contributed by atoms with van der Waals surface area (Å²) in [7, 11) is 0. The Hall–Kier alpha value is -1.30. The third kappa shape index (κ3) is 2.06. The molecule has 1 heterocycles. The normalized spacial score (nSPS) is 40.4. The van der Waals surface area contributed by atoms with Crippen LogP contribution >= 0.6 is 0 Å². The second-order valence-corrected chi connectivity index (χ2v) is 8.88. The van der Waals surface area contributed by atoms with Crippen LogP contribution in [0.15, 0.2) is 12.1 Å². The summed E-state index contributed by atoms with van der Waals surface area (Å²) in [4.78, 5) is 2.50. The highest BCUT2D eigenvalue weighted by molar-refractivity contribution is 5.57. The smallest absolute Gasteiger partial charge is 0.161 e. The lowest BCUT2D eigenvalue weighted by atomic mass is 9.48. The van der Waals surface area contributed by atoms with Crippen molar-refractivity contribution < 1.29 is 15.3 Å². The van der Waals surface area contributed by atoms with Crippen molar-refractivity contribution in [2.24, 2.45) is 11.7 Å². The molecule has 5 N–H and O–H groups in total. The number of aliphatic hydroxyl groups is 1. The van der Waals surface area contributed by atoms with Gasteiger partial charge in [0.05, 0.1) is 5.60 Å². The van der Waals surface area contributed by atoms with Crippen molar-refractivity contribution >= 4 is 0 Å². The fourth-order valence-corrected chi connectivity index (χ4v) is 6.09. The number of nitrogens with zero attached hydrogens (tertiary/aromatic N) is 1. The second kappa shape index (κ2) is 5.12. The highest BCUT2D eigenvalue weighted by Gasteiger charge is 2.65. The van der Waals surface area contributed by atoms with Crippen LogP contribution < -0.4 is 5.73 Å². The topological polar surface area (TPSA) is 90.0 Å². The molecule has 1 aromatic carbocycles. The van der Waals surface area contributed by atoms with Crippen LogP contribution in [0.5, 0.6) is 11.5 Å². The van der Waals surface area contributed by atoms with Gasteiger partial charge in [-0.3, -0.25) is 4.90 Å². The van der Waals surface area contributed by atoms with E-state index in [1.54, 1.807) is 6.07 Å². The maximum Gasteiger partial charge on any atom is 0.161 e. The molecule has 5 nitrogen and oxygen atoms in total. The van der Waals surface area contributed by atoms with Crippen molar-refractivity contribution in [1.82, 2.24) is 4.90 Å². The van der Waals surface area contributed by atoms with E-state index in [9.17, 15) is 15.3 Å². The van der Waals surface area contributed by atoms with Gasteiger partial charge in [0, 0.05) is 29.6 Å². The summed E-state index contributed by atoms with van der Waals surface area (Å²) >= 11 is 0. The predicted octanol–water partition coefficient (Wildman–Crippen LogP) is 1.62. The average molecular weight is 344 g/mol. The first kappa shape index (κ1) is 15.9. The van der Waals surface area contributed by atoms with E-state index >= 15 is 0 Å². The van der Waals surface area contributed by atoms with Crippen LogP contribution in [0.1, 0.15) is 49.7 Å². The maximum atomic E-state index is 12.0. The molecule has 0 aromatic heterocycles. The standard InChI is InChI=1S/C20H28N2O3/c21-14-5-6-20(25)16-9-13-3-4-15(23)18(24)17(13)19(20,10-14)7-8-22(16)11-12-1-2-12/h3-4,12,14,16,23-25H,1-2,5-11,21H2. The van der Waals surface area contributed by atoms with Gasteiger partial charge in [0.15, 0.2) is 11.5 Å². The van der Waals surface area contributed by atoms with Crippen LogP contribution in [0.3, 0.4) is 0 Å². The van der Waals surface area contributed by atoms with Crippen LogP contribution in [0.4, 0.5) is 0 Å². The van der Waals surface area contributed by atoms with Gasteiger partial charge in [0.2, 0.25) is 0 Å². The van der Waals surface area contributed by atoms with Crippen molar-refractivity contribution in [3.8, 4) is 11.5 Å². The summed E-state index contributed by atoms with van der Waals surface area (Å²) in [5, 5.41) is 32.8. The summed E-state index contributed by atoms with van der Waals surface area (Å²) in [5.74, 6) is 0.657. The molecule has 0 amide bonds. The van der Waals surface area contributed by atoms with Gasteiger partial charge >= 0.3 is 0 Å².